The molecule has 2 bridgehead atoms. The van der Waals surface area contributed by atoms with Crippen LogP contribution in [-0.4, -0.2) is 30.1 Å². The average Bonchev–Trinajstić information content (AvgIpc) is 3.46. The second kappa shape index (κ2) is 8.16. The van der Waals surface area contributed by atoms with Crippen molar-refractivity contribution < 1.29 is 23.5 Å². The topological polar surface area (TPSA) is 68.2 Å². The molecule has 32 heavy (non-hydrogen) atoms. The first-order chi connectivity index (χ1) is 15.5. The molecule has 0 radical (unpaired) electrons. The summed E-state index contributed by atoms with van der Waals surface area (Å²) in [4.78, 5) is 25.6. The van der Waals surface area contributed by atoms with Gasteiger partial charge in [0, 0.05) is 10.0 Å². The number of ether oxygens (including phenoxy) is 2. The van der Waals surface area contributed by atoms with Gasteiger partial charge in [0.25, 0.3) is 11.8 Å². The molecule has 6 nitrogen and oxygen atoms in total. The van der Waals surface area contributed by atoms with Crippen molar-refractivity contribution in [2.75, 3.05) is 7.11 Å². The maximum atomic E-state index is 13.4. The predicted octanol–water partition coefficient (Wildman–Crippen LogP) is 4.32. The summed E-state index contributed by atoms with van der Waals surface area (Å²) < 4.78 is 25.3. The van der Waals surface area contributed by atoms with E-state index in [9.17, 15) is 14.0 Å². The number of rotatable bonds is 6. The normalized spacial score (nSPS) is 25.8. The van der Waals surface area contributed by atoms with Crippen molar-refractivity contribution in [3.05, 3.63) is 70.0 Å². The molecule has 1 heterocycles. The molecule has 3 aliphatic rings. The molecule has 0 aromatic heterocycles. The van der Waals surface area contributed by atoms with Crippen LogP contribution in [-0.2, 0) is 16.2 Å². The number of hydrogen-bond donors (Lipinski definition) is 0. The minimum atomic E-state index is -0.329. The third kappa shape index (κ3) is 3.52. The van der Waals surface area contributed by atoms with E-state index in [1.807, 2.05) is 12.2 Å². The zero-order chi connectivity index (χ0) is 22.4. The molecule has 0 N–H and O–H groups in total. The van der Waals surface area contributed by atoms with Crippen LogP contribution in [0.5, 0.6) is 11.5 Å². The molecule has 164 valence electrons. The van der Waals surface area contributed by atoms with Crippen LogP contribution in [0.15, 0.2) is 58.1 Å². The van der Waals surface area contributed by atoms with Gasteiger partial charge in [0.15, 0.2) is 11.5 Å². The molecule has 8 heteroatoms. The highest BCUT2D eigenvalue weighted by atomic mass is 79.9. The standard InChI is InChI=1S/C24H20BrFN2O4/c1-31-19-9-16(18(25)10-20(19)32-12-13-3-2-4-17(26)7-13)11-27-28-23(29)21-14-5-6-15(8-14)22(21)24(28)30/h2-7,9-11,14-15,21-22H,8,12H2,1H3. The summed E-state index contributed by atoms with van der Waals surface area (Å²) in [6.45, 7) is 0.171. The Morgan fingerprint density at radius 1 is 1.12 bits per heavy atom. The zero-order valence-corrected chi connectivity index (χ0v) is 18.8. The van der Waals surface area contributed by atoms with Crippen LogP contribution in [0.25, 0.3) is 0 Å². The summed E-state index contributed by atoms with van der Waals surface area (Å²) in [6, 6.07) is 9.59. The van der Waals surface area contributed by atoms with Gasteiger partial charge in [-0.3, -0.25) is 9.59 Å². The molecule has 1 aliphatic heterocycles. The number of carbonyl (C=O) groups excluding carboxylic acids is 2. The number of nitrogens with zero attached hydrogens (tertiary/aromatic N) is 2. The fourth-order valence-electron chi connectivity index (χ4n) is 4.83. The highest BCUT2D eigenvalue weighted by molar-refractivity contribution is 9.10. The molecule has 4 atom stereocenters. The Labute approximate surface area is 192 Å². The summed E-state index contributed by atoms with van der Waals surface area (Å²) in [6.07, 6.45) is 6.45. The molecule has 0 spiro atoms. The summed E-state index contributed by atoms with van der Waals surface area (Å²) in [7, 11) is 1.51. The van der Waals surface area contributed by atoms with Crippen molar-refractivity contribution in [1.29, 1.82) is 0 Å². The van der Waals surface area contributed by atoms with Gasteiger partial charge in [-0.15, -0.1) is 0 Å². The summed E-state index contributed by atoms with van der Waals surface area (Å²) in [5, 5.41) is 5.23. The van der Waals surface area contributed by atoms with Crippen LogP contribution in [0.3, 0.4) is 0 Å². The highest BCUT2D eigenvalue weighted by Gasteiger charge is 2.59. The van der Waals surface area contributed by atoms with Crippen molar-refractivity contribution in [2.45, 2.75) is 13.0 Å². The molecule has 2 aromatic rings. The first kappa shape index (κ1) is 20.9. The first-order valence-corrected chi connectivity index (χ1v) is 11.1. The number of amides is 2. The maximum absolute atomic E-state index is 13.4. The Kier molecular flexibility index (Phi) is 5.33. The van der Waals surface area contributed by atoms with Crippen LogP contribution >= 0.6 is 15.9 Å². The zero-order valence-electron chi connectivity index (χ0n) is 17.2. The Morgan fingerprint density at radius 3 is 2.50 bits per heavy atom. The Morgan fingerprint density at radius 2 is 1.84 bits per heavy atom. The molecule has 4 unspecified atom stereocenters. The number of benzene rings is 2. The van der Waals surface area contributed by atoms with E-state index in [0.717, 1.165) is 11.4 Å². The third-order valence-electron chi connectivity index (χ3n) is 6.33. The van der Waals surface area contributed by atoms with Crippen LogP contribution in [0.4, 0.5) is 4.39 Å². The molecule has 1 saturated heterocycles. The van der Waals surface area contributed by atoms with Gasteiger partial charge in [-0.2, -0.15) is 10.1 Å². The number of hydrogen-bond acceptors (Lipinski definition) is 5. The third-order valence-corrected chi connectivity index (χ3v) is 7.01. The van der Waals surface area contributed by atoms with Gasteiger partial charge in [-0.05, 0) is 64.0 Å². The van der Waals surface area contributed by atoms with Gasteiger partial charge < -0.3 is 9.47 Å². The van der Waals surface area contributed by atoms with Crippen LogP contribution in [0.1, 0.15) is 17.5 Å². The number of fused-ring (bicyclic) bond motifs is 5. The lowest BCUT2D eigenvalue weighted by Gasteiger charge is -2.14. The van der Waals surface area contributed by atoms with Crippen molar-refractivity contribution in [1.82, 2.24) is 5.01 Å². The SMILES string of the molecule is COc1cc(C=NN2C(=O)C3C4C=CC(C4)C3C2=O)c(Br)cc1OCc1cccc(F)c1. The molecule has 5 rings (SSSR count). The lowest BCUT2D eigenvalue weighted by Crippen LogP contribution is -2.28. The highest BCUT2D eigenvalue weighted by Crippen LogP contribution is 2.52. The van der Waals surface area contributed by atoms with Gasteiger partial charge >= 0.3 is 0 Å². The molecular weight excluding hydrogens is 479 g/mol. The number of hydrazone groups is 1. The lowest BCUT2D eigenvalue weighted by molar-refractivity contribution is -0.140. The van der Waals surface area contributed by atoms with E-state index in [1.54, 1.807) is 24.3 Å². The largest absolute Gasteiger partial charge is 0.493 e. The Bertz CT molecular complexity index is 1130. The average molecular weight is 499 g/mol. The first-order valence-electron chi connectivity index (χ1n) is 10.3. The van der Waals surface area contributed by atoms with E-state index < -0.39 is 0 Å². The second-order valence-corrected chi connectivity index (χ2v) is 9.03. The summed E-state index contributed by atoms with van der Waals surface area (Å²) in [5.74, 6) is -0.166. The lowest BCUT2D eigenvalue weighted by atomic mass is 9.85. The van der Waals surface area contributed by atoms with Crippen molar-refractivity contribution in [3.8, 4) is 11.5 Å². The van der Waals surface area contributed by atoms with E-state index in [-0.39, 0.29) is 47.9 Å². The molecule has 2 fully saturated rings. The van der Waals surface area contributed by atoms with Gasteiger partial charge in [0.05, 0.1) is 25.2 Å². The van der Waals surface area contributed by atoms with Gasteiger partial charge in [-0.25, -0.2) is 4.39 Å². The quantitative estimate of drug-likeness (QED) is 0.338. The van der Waals surface area contributed by atoms with E-state index in [1.165, 1.54) is 25.5 Å². The number of halogens is 2. The van der Waals surface area contributed by atoms with E-state index in [4.69, 9.17) is 9.47 Å². The van der Waals surface area contributed by atoms with Crippen molar-refractivity contribution >= 4 is 34.0 Å². The smallest absolute Gasteiger partial charge is 0.254 e. The van der Waals surface area contributed by atoms with Gasteiger partial charge in [0.1, 0.15) is 12.4 Å². The number of allylic oxidation sites excluding steroid dienone is 2. The van der Waals surface area contributed by atoms with Crippen molar-refractivity contribution in [2.24, 2.45) is 28.8 Å². The van der Waals surface area contributed by atoms with Crippen LogP contribution < -0.4 is 9.47 Å². The Balaban J connectivity index is 1.34. The minimum Gasteiger partial charge on any atom is -0.493 e. The second-order valence-electron chi connectivity index (χ2n) is 8.18. The van der Waals surface area contributed by atoms with Crippen LogP contribution in [0.2, 0.25) is 0 Å². The number of imide groups is 1. The molecule has 2 amide bonds. The molecule has 1 saturated carbocycles. The predicted molar refractivity (Wildman–Crippen MR) is 119 cm³/mol. The molecular formula is C24H20BrFN2O4. The maximum Gasteiger partial charge on any atom is 0.254 e. The molecule has 2 aromatic carbocycles. The van der Waals surface area contributed by atoms with Crippen LogP contribution in [0, 0.1) is 29.5 Å². The fourth-order valence-corrected chi connectivity index (χ4v) is 5.26. The Hall–Kier alpha value is -3.00. The summed E-state index contributed by atoms with van der Waals surface area (Å²) in [5.41, 5.74) is 1.31. The number of carbonyl (C=O) groups is 2. The van der Waals surface area contributed by atoms with Gasteiger partial charge in [-0.1, -0.05) is 24.3 Å². The van der Waals surface area contributed by atoms with Crippen molar-refractivity contribution in [3.63, 3.8) is 0 Å². The summed E-state index contributed by atoms with van der Waals surface area (Å²) >= 11 is 3.48. The number of methoxy groups -OCH3 is 1. The van der Waals surface area contributed by atoms with E-state index >= 15 is 0 Å². The minimum absolute atomic E-state index is 0.142. The molecule has 2 aliphatic carbocycles. The monoisotopic (exact) mass is 498 g/mol. The van der Waals surface area contributed by atoms with E-state index in [2.05, 4.69) is 21.0 Å². The van der Waals surface area contributed by atoms with E-state index in [0.29, 0.717) is 27.1 Å². The fraction of sp³-hybridized carbons (Fsp3) is 0.292. The van der Waals surface area contributed by atoms with Gasteiger partial charge in [0.2, 0.25) is 0 Å².